The normalized spacial score (nSPS) is 19.5. The van der Waals surface area contributed by atoms with Gasteiger partial charge in [0.15, 0.2) is 5.76 Å². The van der Waals surface area contributed by atoms with Crippen molar-refractivity contribution < 1.29 is 32.0 Å². The third kappa shape index (κ3) is 4.89. The number of halogens is 3. The van der Waals surface area contributed by atoms with Gasteiger partial charge in [-0.15, -0.1) is 0 Å². The number of hydrogen-bond donors (Lipinski definition) is 0. The maximum Gasteiger partial charge on any atom is 0.417 e. The number of furan rings is 1. The van der Waals surface area contributed by atoms with E-state index >= 15 is 0 Å². The minimum absolute atomic E-state index is 0.102. The van der Waals surface area contributed by atoms with Gasteiger partial charge in [0.05, 0.1) is 23.3 Å². The maximum atomic E-state index is 13.3. The number of rotatable bonds is 3. The Labute approximate surface area is 188 Å². The predicted octanol–water partition coefficient (Wildman–Crippen LogP) is 3.14. The van der Waals surface area contributed by atoms with Crippen LogP contribution < -0.4 is 0 Å². The molecule has 1 aromatic heterocycles. The first-order chi connectivity index (χ1) is 15.8. The van der Waals surface area contributed by atoms with Crippen molar-refractivity contribution in [2.45, 2.75) is 19.0 Å². The van der Waals surface area contributed by atoms with Crippen LogP contribution in [0.1, 0.15) is 39.3 Å². The summed E-state index contributed by atoms with van der Waals surface area (Å²) in [6.07, 6.45) is -1.86. The lowest BCUT2D eigenvalue weighted by Crippen LogP contribution is -2.54. The van der Waals surface area contributed by atoms with Gasteiger partial charge >= 0.3 is 6.18 Å². The summed E-state index contributed by atoms with van der Waals surface area (Å²) in [4.78, 5) is 42.9. The summed E-state index contributed by atoms with van der Waals surface area (Å²) in [5.74, 6) is -1.17. The molecule has 176 valence electrons. The lowest BCUT2D eigenvalue weighted by atomic mass is 9.96. The van der Waals surface area contributed by atoms with Crippen molar-refractivity contribution in [2.24, 2.45) is 5.92 Å². The van der Waals surface area contributed by atoms with Crippen LogP contribution in [0.2, 0.25) is 0 Å². The molecule has 2 aliphatic rings. The number of hydrogen-bond acceptors (Lipinski definition) is 4. The molecule has 0 bridgehead atoms. The molecule has 10 heteroatoms. The van der Waals surface area contributed by atoms with Gasteiger partial charge in [0, 0.05) is 39.3 Å². The van der Waals surface area contributed by atoms with E-state index in [-0.39, 0.29) is 61.8 Å². The molecule has 0 N–H and O–H groups in total. The molecule has 4 rings (SSSR count). The average Bonchev–Trinajstić information content (AvgIpc) is 3.37. The molecule has 1 aromatic carbocycles. The molecular weight excluding hydrogens is 439 g/mol. The van der Waals surface area contributed by atoms with Gasteiger partial charge in [-0.1, -0.05) is 12.1 Å². The zero-order valence-electron chi connectivity index (χ0n) is 17.9. The molecule has 0 aliphatic carbocycles. The van der Waals surface area contributed by atoms with Crippen molar-refractivity contribution in [3.8, 4) is 0 Å². The summed E-state index contributed by atoms with van der Waals surface area (Å²) in [7, 11) is 0. The van der Waals surface area contributed by atoms with Crippen molar-refractivity contribution in [1.29, 1.82) is 0 Å². The Balaban J connectivity index is 1.36. The number of alkyl halides is 3. The maximum absolute atomic E-state index is 13.3. The highest BCUT2D eigenvalue weighted by Gasteiger charge is 2.37. The quantitative estimate of drug-likeness (QED) is 0.701. The molecule has 7 nitrogen and oxygen atoms in total. The summed E-state index contributed by atoms with van der Waals surface area (Å²) in [5.41, 5.74) is -1.35. The second kappa shape index (κ2) is 9.29. The van der Waals surface area contributed by atoms with Crippen LogP contribution in [0.4, 0.5) is 13.2 Å². The molecular formula is C23H24F3N3O4. The fraction of sp³-hybridized carbons (Fsp3) is 0.435. The lowest BCUT2D eigenvalue weighted by molar-refractivity contribution is -0.138. The first kappa shape index (κ1) is 22.9. The molecule has 0 spiro atoms. The van der Waals surface area contributed by atoms with Gasteiger partial charge in [-0.3, -0.25) is 14.4 Å². The highest BCUT2D eigenvalue weighted by atomic mass is 19.4. The van der Waals surface area contributed by atoms with Crippen LogP contribution >= 0.6 is 0 Å². The number of carbonyl (C=O) groups is 3. The van der Waals surface area contributed by atoms with E-state index in [1.807, 2.05) is 0 Å². The van der Waals surface area contributed by atoms with Crippen molar-refractivity contribution >= 4 is 17.7 Å². The minimum Gasteiger partial charge on any atom is -0.459 e. The van der Waals surface area contributed by atoms with Crippen LogP contribution in [0.15, 0.2) is 47.1 Å². The standard InChI is InChI=1S/C23H24F3N3O4/c24-23(25,26)18-7-2-1-6-17(18)21(31)28-12-10-27(11-13-28)20(30)16-5-3-9-29(15-16)22(32)19-8-4-14-33-19/h1-2,4,6-8,14,16H,3,5,9-13,15H2. The molecule has 0 radical (unpaired) electrons. The zero-order chi connectivity index (χ0) is 23.6. The molecule has 3 heterocycles. The Kier molecular flexibility index (Phi) is 6.44. The molecule has 2 aromatic rings. The van der Waals surface area contributed by atoms with Crippen molar-refractivity contribution in [2.75, 3.05) is 39.3 Å². The first-order valence-electron chi connectivity index (χ1n) is 10.8. The van der Waals surface area contributed by atoms with Crippen LogP contribution in [-0.4, -0.2) is 71.7 Å². The SMILES string of the molecule is O=C(c1ccco1)N1CCCC(C(=O)N2CCN(C(=O)c3ccccc3C(F)(F)F)CC2)C1. The van der Waals surface area contributed by atoms with Gasteiger partial charge < -0.3 is 19.1 Å². The number of likely N-dealkylation sites (tertiary alicyclic amines) is 1. The molecule has 0 saturated carbocycles. The number of nitrogens with zero attached hydrogens (tertiary/aromatic N) is 3. The van der Waals surface area contributed by atoms with E-state index < -0.39 is 17.6 Å². The van der Waals surface area contributed by atoms with Crippen molar-refractivity contribution in [1.82, 2.24) is 14.7 Å². The Morgan fingerprint density at radius 2 is 1.55 bits per heavy atom. The topological polar surface area (TPSA) is 74.1 Å². The summed E-state index contributed by atoms with van der Waals surface area (Å²) in [6, 6.07) is 7.94. The van der Waals surface area contributed by atoms with Crippen LogP contribution in [0.3, 0.4) is 0 Å². The molecule has 1 unspecified atom stereocenters. The summed E-state index contributed by atoms with van der Waals surface area (Å²) >= 11 is 0. The number of piperazine rings is 1. The van der Waals surface area contributed by atoms with Gasteiger partial charge in [0.2, 0.25) is 5.91 Å². The van der Waals surface area contributed by atoms with E-state index in [1.165, 1.54) is 29.4 Å². The summed E-state index contributed by atoms with van der Waals surface area (Å²) < 4.78 is 45.0. The first-order valence-corrected chi connectivity index (χ1v) is 10.8. The molecule has 2 saturated heterocycles. The fourth-order valence-electron chi connectivity index (χ4n) is 4.39. The van der Waals surface area contributed by atoms with Gasteiger partial charge in [-0.2, -0.15) is 13.2 Å². The van der Waals surface area contributed by atoms with Crippen LogP contribution in [0.5, 0.6) is 0 Å². The van der Waals surface area contributed by atoms with Crippen LogP contribution in [0, 0.1) is 5.92 Å². The van der Waals surface area contributed by atoms with E-state index in [0.717, 1.165) is 6.07 Å². The largest absolute Gasteiger partial charge is 0.459 e. The Morgan fingerprint density at radius 1 is 0.848 bits per heavy atom. The predicted molar refractivity (Wildman–Crippen MR) is 111 cm³/mol. The molecule has 2 fully saturated rings. The highest BCUT2D eigenvalue weighted by molar-refractivity contribution is 5.96. The number of amides is 3. The van der Waals surface area contributed by atoms with E-state index in [9.17, 15) is 27.6 Å². The van der Waals surface area contributed by atoms with E-state index in [0.29, 0.717) is 19.4 Å². The van der Waals surface area contributed by atoms with E-state index in [2.05, 4.69) is 0 Å². The Hall–Kier alpha value is -3.30. The van der Waals surface area contributed by atoms with Gasteiger partial charge in [-0.05, 0) is 37.1 Å². The monoisotopic (exact) mass is 463 g/mol. The highest BCUT2D eigenvalue weighted by Crippen LogP contribution is 2.32. The zero-order valence-corrected chi connectivity index (χ0v) is 17.9. The molecule has 1 atom stereocenters. The molecule has 2 aliphatic heterocycles. The van der Waals surface area contributed by atoms with Crippen molar-refractivity contribution in [3.05, 3.63) is 59.5 Å². The second-order valence-electron chi connectivity index (χ2n) is 8.23. The van der Waals surface area contributed by atoms with Gasteiger partial charge in [-0.25, -0.2) is 0 Å². The van der Waals surface area contributed by atoms with Crippen LogP contribution in [-0.2, 0) is 11.0 Å². The molecule has 33 heavy (non-hydrogen) atoms. The van der Waals surface area contributed by atoms with E-state index in [4.69, 9.17) is 4.42 Å². The van der Waals surface area contributed by atoms with Crippen molar-refractivity contribution in [3.63, 3.8) is 0 Å². The smallest absolute Gasteiger partial charge is 0.417 e. The Morgan fingerprint density at radius 3 is 2.21 bits per heavy atom. The van der Waals surface area contributed by atoms with E-state index in [1.54, 1.807) is 21.9 Å². The third-order valence-electron chi connectivity index (χ3n) is 6.13. The average molecular weight is 463 g/mol. The number of piperidine rings is 1. The fourth-order valence-corrected chi connectivity index (χ4v) is 4.39. The summed E-state index contributed by atoms with van der Waals surface area (Å²) in [6.45, 7) is 1.61. The lowest BCUT2D eigenvalue weighted by Gasteiger charge is -2.39. The van der Waals surface area contributed by atoms with Gasteiger partial charge in [0.25, 0.3) is 11.8 Å². The Bertz CT molecular complexity index is 1010. The van der Waals surface area contributed by atoms with Crippen LogP contribution in [0.25, 0.3) is 0 Å². The minimum atomic E-state index is -4.62. The third-order valence-corrected chi connectivity index (χ3v) is 6.13. The second-order valence-corrected chi connectivity index (χ2v) is 8.23. The summed E-state index contributed by atoms with van der Waals surface area (Å²) in [5, 5.41) is 0. The number of benzene rings is 1. The number of carbonyl (C=O) groups excluding carboxylic acids is 3. The van der Waals surface area contributed by atoms with Gasteiger partial charge in [0.1, 0.15) is 0 Å². The molecule has 3 amide bonds.